The summed E-state index contributed by atoms with van der Waals surface area (Å²) in [5, 5.41) is 4.02. The molecule has 2 saturated carbocycles. The molecule has 2 aliphatic carbocycles. The molecule has 0 radical (unpaired) electrons. The first-order valence-electron chi connectivity index (χ1n) is 8.46. The van der Waals surface area contributed by atoms with E-state index in [1.807, 2.05) is 0 Å². The summed E-state index contributed by atoms with van der Waals surface area (Å²) in [7, 11) is 0. The van der Waals surface area contributed by atoms with Crippen LogP contribution in [0.3, 0.4) is 0 Å². The Bertz CT molecular complexity index is 228. The fraction of sp³-hybridized carbons (Fsp3) is 1.00. The van der Waals surface area contributed by atoms with Crippen molar-refractivity contribution >= 4 is 0 Å². The van der Waals surface area contributed by atoms with Crippen molar-refractivity contribution in [2.45, 2.75) is 90.6 Å². The average molecular weight is 251 g/mol. The Hall–Kier alpha value is -0.0400. The van der Waals surface area contributed by atoms with Gasteiger partial charge in [-0.2, -0.15) is 0 Å². The molecular weight excluding hydrogens is 218 g/mol. The Balaban J connectivity index is 1.76. The smallest absolute Gasteiger partial charge is 0.00978 e. The van der Waals surface area contributed by atoms with Crippen LogP contribution in [0.5, 0.6) is 0 Å². The summed E-state index contributed by atoms with van der Waals surface area (Å²) in [5.41, 5.74) is 0. The lowest BCUT2D eigenvalue weighted by molar-refractivity contribution is 0.186. The topological polar surface area (TPSA) is 12.0 Å². The van der Waals surface area contributed by atoms with Gasteiger partial charge in [-0.25, -0.2) is 0 Å². The maximum Gasteiger partial charge on any atom is 0.00978 e. The van der Waals surface area contributed by atoms with Gasteiger partial charge in [-0.3, -0.25) is 0 Å². The van der Waals surface area contributed by atoms with Crippen molar-refractivity contribution in [3.05, 3.63) is 0 Å². The van der Waals surface area contributed by atoms with Gasteiger partial charge in [-0.05, 0) is 56.3 Å². The van der Waals surface area contributed by atoms with Gasteiger partial charge < -0.3 is 5.32 Å². The largest absolute Gasteiger partial charge is 0.311 e. The van der Waals surface area contributed by atoms with Gasteiger partial charge in [0.05, 0.1) is 0 Å². The van der Waals surface area contributed by atoms with E-state index in [1.54, 1.807) is 0 Å². The van der Waals surface area contributed by atoms with Crippen LogP contribution in [0.15, 0.2) is 0 Å². The molecule has 2 rings (SSSR count). The summed E-state index contributed by atoms with van der Waals surface area (Å²) >= 11 is 0. The van der Waals surface area contributed by atoms with Crippen LogP contribution in [0.4, 0.5) is 0 Å². The highest BCUT2D eigenvalue weighted by Crippen LogP contribution is 2.32. The van der Waals surface area contributed by atoms with E-state index in [0.29, 0.717) is 0 Å². The second-order valence-corrected chi connectivity index (χ2v) is 7.08. The van der Waals surface area contributed by atoms with Crippen LogP contribution in [0, 0.1) is 17.8 Å². The second kappa shape index (κ2) is 6.93. The molecule has 2 fully saturated rings. The molecule has 2 atom stereocenters. The number of nitrogens with one attached hydrogen (secondary N) is 1. The maximum atomic E-state index is 4.02. The van der Waals surface area contributed by atoms with Crippen molar-refractivity contribution in [1.82, 2.24) is 5.32 Å². The monoisotopic (exact) mass is 251 g/mol. The predicted molar refractivity (Wildman–Crippen MR) is 79.8 cm³/mol. The van der Waals surface area contributed by atoms with E-state index in [1.165, 1.54) is 57.8 Å². The minimum atomic E-state index is 0.831. The van der Waals surface area contributed by atoms with Crippen LogP contribution in [0.1, 0.15) is 78.6 Å². The standard InChI is InChI=1S/C17H33N/c1-4-14-7-5-6-8-17(14)18-16-11-9-15(10-12-16)13(2)3/h13-18H,4-12H2,1-3H3. The lowest BCUT2D eigenvalue weighted by atomic mass is 9.78. The summed E-state index contributed by atoms with van der Waals surface area (Å²) in [6.07, 6.45) is 13.0. The Labute approximate surface area is 114 Å². The molecule has 0 aromatic heterocycles. The Morgan fingerprint density at radius 3 is 2.22 bits per heavy atom. The van der Waals surface area contributed by atoms with Gasteiger partial charge >= 0.3 is 0 Å². The van der Waals surface area contributed by atoms with Crippen LogP contribution >= 0.6 is 0 Å². The zero-order chi connectivity index (χ0) is 13.0. The quantitative estimate of drug-likeness (QED) is 0.759. The highest BCUT2D eigenvalue weighted by molar-refractivity contribution is 4.86. The molecule has 1 N–H and O–H groups in total. The van der Waals surface area contributed by atoms with Crippen LogP contribution in [-0.4, -0.2) is 12.1 Å². The summed E-state index contributed by atoms with van der Waals surface area (Å²) in [5.74, 6) is 2.85. The number of hydrogen-bond donors (Lipinski definition) is 1. The minimum absolute atomic E-state index is 0.831. The Kier molecular flexibility index (Phi) is 5.54. The van der Waals surface area contributed by atoms with Gasteiger partial charge in [0.25, 0.3) is 0 Å². The number of hydrogen-bond acceptors (Lipinski definition) is 1. The third kappa shape index (κ3) is 3.73. The SMILES string of the molecule is CCC1CCCCC1NC1CCC(C(C)C)CC1. The molecule has 0 aromatic rings. The lowest BCUT2D eigenvalue weighted by Gasteiger charge is -2.38. The third-order valence-corrected chi connectivity index (χ3v) is 5.60. The van der Waals surface area contributed by atoms with Crippen molar-refractivity contribution in [3.8, 4) is 0 Å². The molecule has 0 heterocycles. The van der Waals surface area contributed by atoms with E-state index in [2.05, 4.69) is 26.1 Å². The predicted octanol–water partition coefficient (Wildman–Crippen LogP) is 4.76. The molecule has 2 unspecified atom stereocenters. The molecule has 18 heavy (non-hydrogen) atoms. The molecule has 0 aromatic carbocycles. The van der Waals surface area contributed by atoms with E-state index in [4.69, 9.17) is 0 Å². The molecule has 0 saturated heterocycles. The first kappa shape index (κ1) is 14.4. The lowest BCUT2D eigenvalue weighted by Crippen LogP contribution is -2.45. The number of rotatable bonds is 4. The first-order valence-corrected chi connectivity index (χ1v) is 8.46. The normalized spacial score (nSPS) is 38.0. The van der Waals surface area contributed by atoms with E-state index in [9.17, 15) is 0 Å². The maximum absolute atomic E-state index is 4.02. The molecule has 1 heteroatoms. The van der Waals surface area contributed by atoms with Crippen LogP contribution in [-0.2, 0) is 0 Å². The summed E-state index contributed by atoms with van der Waals surface area (Å²) in [6.45, 7) is 7.17. The average Bonchev–Trinajstić information content (AvgIpc) is 2.40. The summed E-state index contributed by atoms with van der Waals surface area (Å²) < 4.78 is 0. The highest BCUT2D eigenvalue weighted by Gasteiger charge is 2.28. The first-order chi connectivity index (χ1) is 8.70. The molecule has 106 valence electrons. The van der Waals surface area contributed by atoms with E-state index >= 15 is 0 Å². The van der Waals surface area contributed by atoms with Gasteiger partial charge in [0.15, 0.2) is 0 Å². The van der Waals surface area contributed by atoms with Gasteiger partial charge in [0.2, 0.25) is 0 Å². The molecule has 0 bridgehead atoms. The van der Waals surface area contributed by atoms with Crippen LogP contribution in [0.25, 0.3) is 0 Å². The Morgan fingerprint density at radius 2 is 1.61 bits per heavy atom. The minimum Gasteiger partial charge on any atom is -0.311 e. The second-order valence-electron chi connectivity index (χ2n) is 7.08. The van der Waals surface area contributed by atoms with Gasteiger partial charge in [-0.1, -0.05) is 40.0 Å². The fourth-order valence-electron chi connectivity index (χ4n) is 4.17. The summed E-state index contributed by atoms with van der Waals surface area (Å²) in [6, 6.07) is 1.67. The van der Waals surface area contributed by atoms with E-state index < -0.39 is 0 Å². The third-order valence-electron chi connectivity index (χ3n) is 5.60. The van der Waals surface area contributed by atoms with Gasteiger partial charge in [-0.15, -0.1) is 0 Å². The zero-order valence-electron chi connectivity index (χ0n) is 12.8. The zero-order valence-corrected chi connectivity index (χ0v) is 12.8. The molecule has 0 aliphatic heterocycles. The van der Waals surface area contributed by atoms with Crippen molar-refractivity contribution in [3.63, 3.8) is 0 Å². The van der Waals surface area contributed by atoms with Crippen molar-refractivity contribution in [2.24, 2.45) is 17.8 Å². The van der Waals surface area contributed by atoms with Crippen molar-refractivity contribution in [2.75, 3.05) is 0 Å². The van der Waals surface area contributed by atoms with Crippen LogP contribution < -0.4 is 5.32 Å². The highest BCUT2D eigenvalue weighted by atomic mass is 15.0. The van der Waals surface area contributed by atoms with Crippen LogP contribution in [0.2, 0.25) is 0 Å². The van der Waals surface area contributed by atoms with E-state index in [0.717, 1.165) is 29.8 Å². The van der Waals surface area contributed by atoms with E-state index in [-0.39, 0.29) is 0 Å². The fourth-order valence-corrected chi connectivity index (χ4v) is 4.17. The molecule has 0 amide bonds. The molecule has 0 spiro atoms. The molecule has 1 nitrogen and oxygen atoms in total. The van der Waals surface area contributed by atoms with Crippen molar-refractivity contribution in [1.29, 1.82) is 0 Å². The summed E-state index contributed by atoms with van der Waals surface area (Å²) in [4.78, 5) is 0. The van der Waals surface area contributed by atoms with Gasteiger partial charge in [0, 0.05) is 12.1 Å². The Morgan fingerprint density at radius 1 is 0.944 bits per heavy atom. The van der Waals surface area contributed by atoms with Gasteiger partial charge in [0.1, 0.15) is 0 Å². The molecular formula is C17H33N. The van der Waals surface area contributed by atoms with Crippen molar-refractivity contribution < 1.29 is 0 Å². The molecule has 2 aliphatic rings.